The third kappa shape index (κ3) is 3.12. The van der Waals surface area contributed by atoms with Crippen LogP contribution in [-0.4, -0.2) is 12.2 Å². The summed E-state index contributed by atoms with van der Waals surface area (Å²) in [6.45, 7) is 0.900. The lowest BCUT2D eigenvalue weighted by molar-refractivity contribution is 0.395. The lowest BCUT2D eigenvalue weighted by atomic mass is 10.2. The molecule has 0 saturated carbocycles. The first kappa shape index (κ1) is 11.2. The SMILES string of the molecule is CNCc1cccc(SCc2ccno2)c1. The van der Waals surface area contributed by atoms with Crippen molar-refractivity contribution in [2.75, 3.05) is 7.05 Å². The van der Waals surface area contributed by atoms with Crippen molar-refractivity contribution in [2.24, 2.45) is 0 Å². The Morgan fingerprint density at radius 3 is 3.06 bits per heavy atom. The van der Waals surface area contributed by atoms with Crippen LogP contribution in [0.5, 0.6) is 0 Å². The molecule has 0 saturated heterocycles. The van der Waals surface area contributed by atoms with Gasteiger partial charge in [0, 0.05) is 17.5 Å². The van der Waals surface area contributed by atoms with Gasteiger partial charge in [-0.15, -0.1) is 11.8 Å². The highest BCUT2D eigenvalue weighted by molar-refractivity contribution is 7.98. The molecular weight excluding hydrogens is 220 g/mol. The molecule has 84 valence electrons. The van der Waals surface area contributed by atoms with Gasteiger partial charge in [-0.2, -0.15) is 0 Å². The third-order valence-corrected chi connectivity index (χ3v) is 3.17. The van der Waals surface area contributed by atoms with Crippen molar-refractivity contribution in [2.45, 2.75) is 17.2 Å². The summed E-state index contributed by atoms with van der Waals surface area (Å²) in [6.07, 6.45) is 1.67. The van der Waals surface area contributed by atoms with E-state index < -0.39 is 0 Å². The smallest absolute Gasteiger partial charge is 0.146 e. The molecule has 16 heavy (non-hydrogen) atoms. The van der Waals surface area contributed by atoms with Crippen LogP contribution in [0.15, 0.2) is 45.9 Å². The van der Waals surface area contributed by atoms with Gasteiger partial charge in [0.2, 0.25) is 0 Å². The van der Waals surface area contributed by atoms with E-state index in [4.69, 9.17) is 4.52 Å². The average Bonchev–Trinajstić information content (AvgIpc) is 2.80. The summed E-state index contributed by atoms with van der Waals surface area (Å²) >= 11 is 1.76. The highest BCUT2D eigenvalue weighted by Gasteiger charge is 2.00. The number of nitrogens with zero attached hydrogens (tertiary/aromatic N) is 1. The summed E-state index contributed by atoms with van der Waals surface area (Å²) in [5.41, 5.74) is 1.30. The predicted octanol–water partition coefficient (Wildman–Crippen LogP) is 2.69. The Hall–Kier alpha value is -1.26. The van der Waals surface area contributed by atoms with E-state index in [0.717, 1.165) is 18.1 Å². The Kier molecular flexibility index (Phi) is 4.02. The molecule has 2 aromatic rings. The van der Waals surface area contributed by atoms with Crippen LogP contribution in [0.1, 0.15) is 11.3 Å². The minimum atomic E-state index is 0.822. The Morgan fingerprint density at radius 2 is 2.31 bits per heavy atom. The van der Waals surface area contributed by atoms with Gasteiger partial charge < -0.3 is 9.84 Å². The molecule has 0 aliphatic rings. The van der Waals surface area contributed by atoms with Crippen LogP contribution in [0.4, 0.5) is 0 Å². The number of thioether (sulfide) groups is 1. The summed E-state index contributed by atoms with van der Waals surface area (Å²) in [5, 5.41) is 6.83. The zero-order valence-electron chi connectivity index (χ0n) is 9.14. The Morgan fingerprint density at radius 1 is 1.38 bits per heavy atom. The fourth-order valence-electron chi connectivity index (χ4n) is 1.42. The molecule has 1 aromatic carbocycles. The fraction of sp³-hybridized carbons (Fsp3) is 0.250. The predicted molar refractivity (Wildman–Crippen MR) is 65.3 cm³/mol. The first-order valence-corrected chi connectivity index (χ1v) is 6.13. The first-order chi connectivity index (χ1) is 7.88. The van der Waals surface area contributed by atoms with Crippen LogP contribution in [0.3, 0.4) is 0 Å². The molecule has 0 atom stereocenters. The fourth-order valence-corrected chi connectivity index (χ4v) is 2.29. The maximum absolute atomic E-state index is 5.05. The number of rotatable bonds is 5. The van der Waals surface area contributed by atoms with Gasteiger partial charge >= 0.3 is 0 Å². The van der Waals surface area contributed by atoms with Crippen molar-refractivity contribution < 1.29 is 4.52 Å². The molecule has 0 fully saturated rings. The monoisotopic (exact) mass is 234 g/mol. The van der Waals surface area contributed by atoms with Gasteiger partial charge in [-0.25, -0.2) is 0 Å². The summed E-state index contributed by atoms with van der Waals surface area (Å²) in [7, 11) is 1.95. The molecule has 0 radical (unpaired) electrons. The third-order valence-electron chi connectivity index (χ3n) is 2.15. The van der Waals surface area contributed by atoms with E-state index in [0.29, 0.717) is 0 Å². The molecule has 1 heterocycles. The summed E-state index contributed by atoms with van der Waals surface area (Å²) in [6, 6.07) is 10.4. The highest BCUT2D eigenvalue weighted by atomic mass is 32.2. The quantitative estimate of drug-likeness (QED) is 0.807. The van der Waals surface area contributed by atoms with Gasteiger partial charge in [0.25, 0.3) is 0 Å². The van der Waals surface area contributed by atoms with Crippen LogP contribution >= 0.6 is 11.8 Å². The van der Waals surface area contributed by atoms with Crippen LogP contribution in [0.25, 0.3) is 0 Å². The van der Waals surface area contributed by atoms with E-state index in [1.54, 1.807) is 18.0 Å². The van der Waals surface area contributed by atoms with Gasteiger partial charge in [-0.05, 0) is 24.7 Å². The van der Waals surface area contributed by atoms with E-state index in [2.05, 4.69) is 34.7 Å². The van der Waals surface area contributed by atoms with E-state index in [1.165, 1.54) is 10.5 Å². The summed E-state index contributed by atoms with van der Waals surface area (Å²) < 4.78 is 5.05. The zero-order valence-corrected chi connectivity index (χ0v) is 9.96. The molecule has 4 heteroatoms. The second kappa shape index (κ2) is 5.72. The Balaban J connectivity index is 1.96. The van der Waals surface area contributed by atoms with Crippen molar-refractivity contribution in [3.05, 3.63) is 47.9 Å². The molecule has 1 aromatic heterocycles. The van der Waals surface area contributed by atoms with E-state index in [1.807, 2.05) is 13.1 Å². The van der Waals surface area contributed by atoms with E-state index in [-0.39, 0.29) is 0 Å². The number of aromatic nitrogens is 1. The normalized spacial score (nSPS) is 10.6. The first-order valence-electron chi connectivity index (χ1n) is 5.14. The van der Waals surface area contributed by atoms with Crippen molar-refractivity contribution in [3.63, 3.8) is 0 Å². The second-order valence-electron chi connectivity index (χ2n) is 3.45. The van der Waals surface area contributed by atoms with Crippen LogP contribution in [0, 0.1) is 0 Å². The molecule has 2 rings (SSSR count). The molecule has 3 nitrogen and oxygen atoms in total. The molecule has 0 amide bonds. The van der Waals surface area contributed by atoms with Crippen molar-refractivity contribution in [1.29, 1.82) is 0 Å². The zero-order chi connectivity index (χ0) is 11.2. The lowest BCUT2D eigenvalue weighted by Gasteiger charge is -2.03. The molecular formula is C12H14N2OS. The number of hydrogen-bond acceptors (Lipinski definition) is 4. The van der Waals surface area contributed by atoms with Gasteiger partial charge in [-0.1, -0.05) is 17.3 Å². The standard InChI is InChI=1S/C12H14N2OS/c1-13-8-10-3-2-4-12(7-10)16-9-11-5-6-14-15-11/h2-7,13H,8-9H2,1H3. The van der Waals surface area contributed by atoms with Crippen molar-refractivity contribution in [1.82, 2.24) is 10.5 Å². The molecule has 1 N–H and O–H groups in total. The van der Waals surface area contributed by atoms with Crippen LogP contribution in [0.2, 0.25) is 0 Å². The minimum absolute atomic E-state index is 0.822. The van der Waals surface area contributed by atoms with Crippen molar-refractivity contribution >= 4 is 11.8 Å². The minimum Gasteiger partial charge on any atom is -0.361 e. The molecule has 0 aliphatic carbocycles. The maximum atomic E-state index is 5.05. The lowest BCUT2D eigenvalue weighted by Crippen LogP contribution is -2.04. The number of benzene rings is 1. The van der Waals surface area contributed by atoms with E-state index in [9.17, 15) is 0 Å². The number of hydrogen-bond donors (Lipinski definition) is 1. The maximum Gasteiger partial charge on any atom is 0.146 e. The van der Waals surface area contributed by atoms with Gasteiger partial charge in [-0.3, -0.25) is 0 Å². The topological polar surface area (TPSA) is 38.1 Å². The molecule has 0 aliphatic heterocycles. The van der Waals surface area contributed by atoms with Gasteiger partial charge in [0.05, 0.1) is 11.9 Å². The summed E-state index contributed by atoms with van der Waals surface area (Å²) in [5.74, 6) is 1.73. The Bertz CT molecular complexity index is 428. The Labute approximate surface area is 99.2 Å². The van der Waals surface area contributed by atoms with Crippen molar-refractivity contribution in [3.8, 4) is 0 Å². The number of nitrogens with one attached hydrogen (secondary N) is 1. The van der Waals surface area contributed by atoms with Crippen LogP contribution < -0.4 is 5.32 Å². The molecule has 0 unspecified atom stereocenters. The van der Waals surface area contributed by atoms with Gasteiger partial charge in [0.1, 0.15) is 5.76 Å². The summed E-state index contributed by atoms with van der Waals surface area (Å²) in [4.78, 5) is 1.25. The molecule has 0 spiro atoms. The second-order valence-corrected chi connectivity index (χ2v) is 4.49. The van der Waals surface area contributed by atoms with Crippen LogP contribution in [-0.2, 0) is 12.3 Å². The largest absolute Gasteiger partial charge is 0.361 e. The molecule has 0 bridgehead atoms. The van der Waals surface area contributed by atoms with E-state index >= 15 is 0 Å². The average molecular weight is 234 g/mol. The highest BCUT2D eigenvalue weighted by Crippen LogP contribution is 2.23. The van der Waals surface area contributed by atoms with Gasteiger partial charge in [0.15, 0.2) is 0 Å².